The summed E-state index contributed by atoms with van der Waals surface area (Å²) in [5.74, 6) is -1.80. The monoisotopic (exact) mass is 409 g/mol. The molecule has 1 saturated heterocycles. The van der Waals surface area contributed by atoms with Crippen LogP contribution < -0.4 is 10.6 Å². The highest BCUT2D eigenvalue weighted by molar-refractivity contribution is 6.35. The van der Waals surface area contributed by atoms with Crippen molar-refractivity contribution in [2.24, 2.45) is 0 Å². The van der Waals surface area contributed by atoms with E-state index < -0.39 is 35.7 Å². The summed E-state index contributed by atoms with van der Waals surface area (Å²) >= 11 is 12.0. The van der Waals surface area contributed by atoms with E-state index >= 15 is 0 Å². The van der Waals surface area contributed by atoms with Crippen molar-refractivity contribution in [2.45, 2.75) is 12.5 Å². The molecule has 1 aliphatic rings. The molecule has 1 aliphatic heterocycles. The second-order valence-corrected chi connectivity index (χ2v) is 6.97. The Balaban J connectivity index is 1.78. The van der Waals surface area contributed by atoms with Crippen molar-refractivity contribution in [3.05, 3.63) is 63.9 Å². The maximum atomic E-state index is 13.2. The first-order valence-corrected chi connectivity index (χ1v) is 8.61. The predicted molar refractivity (Wildman–Crippen MR) is 99.1 cm³/mol. The third kappa shape index (κ3) is 3.74. The van der Waals surface area contributed by atoms with Gasteiger partial charge in [0.15, 0.2) is 0 Å². The Kier molecular flexibility index (Phi) is 5.08. The van der Waals surface area contributed by atoms with E-state index in [0.717, 1.165) is 11.0 Å². The molecule has 6 nitrogen and oxygen atoms in total. The highest BCUT2D eigenvalue weighted by atomic mass is 35.5. The smallest absolute Gasteiger partial charge is 0.324 e. The van der Waals surface area contributed by atoms with Crippen LogP contribution in [0.5, 0.6) is 0 Å². The standard InChI is InChI=1S/C18H14Cl2FN3O3/c1-18(13-6-5-10(19)7-14(13)20)16(26)24(17(27)23-18)9-15(25)22-12-4-2-3-11(21)8-12/h2-8H,9H2,1H3,(H,22,25)(H,23,27)/t18-/m1/s1. The van der Waals surface area contributed by atoms with Crippen molar-refractivity contribution in [1.29, 1.82) is 0 Å². The maximum absolute atomic E-state index is 13.2. The van der Waals surface area contributed by atoms with E-state index in [-0.39, 0.29) is 10.7 Å². The van der Waals surface area contributed by atoms with E-state index in [4.69, 9.17) is 23.2 Å². The van der Waals surface area contributed by atoms with Crippen LogP contribution in [0.4, 0.5) is 14.9 Å². The zero-order valence-electron chi connectivity index (χ0n) is 14.1. The molecule has 27 heavy (non-hydrogen) atoms. The number of urea groups is 1. The lowest BCUT2D eigenvalue weighted by Gasteiger charge is -2.23. The Morgan fingerprint density at radius 3 is 2.63 bits per heavy atom. The van der Waals surface area contributed by atoms with Crippen molar-refractivity contribution in [1.82, 2.24) is 10.2 Å². The number of hydrogen-bond acceptors (Lipinski definition) is 3. The molecule has 1 fully saturated rings. The van der Waals surface area contributed by atoms with Gasteiger partial charge in [-0.25, -0.2) is 9.18 Å². The molecule has 0 aromatic heterocycles. The van der Waals surface area contributed by atoms with Gasteiger partial charge in [0.1, 0.15) is 17.9 Å². The normalized spacial score (nSPS) is 19.2. The molecule has 1 atom stereocenters. The quantitative estimate of drug-likeness (QED) is 0.757. The lowest BCUT2D eigenvalue weighted by Crippen LogP contribution is -2.42. The molecule has 9 heteroatoms. The summed E-state index contributed by atoms with van der Waals surface area (Å²) in [7, 11) is 0. The van der Waals surface area contributed by atoms with Crippen molar-refractivity contribution >= 4 is 46.7 Å². The average molecular weight is 410 g/mol. The van der Waals surface area contributed by atoms with Gasteiger partial charge >= 0.3 is 6.03 Å². The summed E-state index contributed by atoms with van der Waals surface area (Å²) in [6.45, 7) is 0.967. The van der Waals surface area contributed by atoms with Crippen LogP contribution >= 0.6 is 23.2 Å². The Morgan fingerprint density at radius 1 is 1.22 bits per heavy atom. The highest BCUT2D eigenvalue weighted by Gasteiger charge is 2.50. The molecular formula is C18H14Cl2FN3O3. The lowest BCUT2D eigenvalue weighted by molar-refractivity contribution is -0.133. The number of imide groups is 1. The van der Waals surface area contributed by atoms with E-state index in [1.165, 1.54) is 31.2 Å². The fraction of sp³-hybridized carbons (Fsp3) is 0.167. The SMILES string of the molecule is C[C@]1(c2ccc(Cl)cc2Cl)NC(=O)N(CC(=O)Nc2cccc(F)c2)C1=O. The van der Waals surface area contributed by atoms with Gasteiger partial charge in [-0.15, -0.1) is 0 Å². The fourth-order valence-corrected chi connectivity index (χ4v) is 3.43. The third-order valence-electron chi connectivity index (χ3n) is 4.15. The number of halogens is 3. The van der Waals surface area contributed by atoms with Gasteiger partial charge in [0, 0.05) is 21.3 Å². The van der Waals surface area contributed by atoms with E-state index in [2.05, 4.69) is 10.6 Å². The summed E-state index contributed by atoms with van der Waals surface area (Å²) < 4.78 is 13.2. The number of carbonyl (C=O) groups is 3. The largest absolute Gasteiger partial charge is 0.325 e. The Morgan fingerprint density at radius 2 is 1.96 bits per heavy atom. The molecule has 140 valence electrons. The molecule has 0 unspecified atom stereocenters. The van der Waals surface area contributed by atoms with Crippen LogP contribution in [-0.2, 0) is 15.1 Å². The number of rotatable bonds is 4. The van der Waals surface area contributed by atoms with Gasteiger partial charge in [0.05, 0.1) is 0 Å². The molecule has 0 saturated carbocycles. The minimum Gasteiger partial charge on any atom is -0.324 e. The number of nitrogens with zero attached hydrogens (tertiary/aromatic N) is 1. The number of nitrogens with one attached hydrogen (secondary N) is 2. The van der Waals surface area contributed by atoms with Crippen LogP contribution in [0.15, 0.2) is 42.5 Å². The first-order chi connectivity index (χ1) is 12.7. The second-order valence-electron chi connectivity index (χ2n) is 6.13. The number of amides is 4. The third-order valence-corrected chi connectivity index (χ3v) is 4.70. The Labute approximate surface area is 164 Å². The van der Waals surface area contributed by atoms with Crippen molar-refractivity contribution in [3.63, 3.8) is 0 Å². The number of anilines is 1. The highest BCUT2D eigenvalue weighted by Crippen LogP contribution is 2.34. The van der Waals surface area contributed by atoms with E-state index in [1.54, 1.807) is 12.1 Å². The van der Waals surface area contributed by atoms with Crippen LogP contribution in [0.2, 0.25) is 10.0 Å². The van der Waals surface area contributed by atoms with E-state index in [1.807, 2.05) is 0 Å². The predicted octanol–water partition coefficient (Wildman–Crippen LogP) is 3.54. The fourth-order valence-electron chi connectivity index (χ4n) is 2.83. The van der Waals surface area contributed by atoms with Crippen LogP contribution in [0.3, 0.4) is 0 Å². The summed E-state index contributed by atoms with van der Waals surface area (Å²) in [4.78, 5) is 38.1. The summed E-state index contributed by atoms with van der Waals surface area (Å²) in [5, 5.41) is 5.59. The van der Waals surface area contributed by atoms with Gasteiger partial charge in [0.25, 0.3) is 5.91 Å². The number of carbonyl (C=O) groups excluding carboxylic acids is 3. The molecule has 0 spiro atoms. The summed E-state index contributed by atoms with van der Waals surface area (Å²) in [6.07, 6.45) is 0. The Hall–Kier alpha value is -2.64. The molecule has 2 aromatic rings. The molecule has 1 heterocycles. The molecule has 0 radical (unpaired) electrons. The zero-order chi connectivity index (χ0) is 19.8. The molecule has 3 rings (SSSR count). The van der Waals surface area contributed by atoms with Crippen LogP contribution in [0, 0.1) is 5.82 Å². The van der Waals surface area contributed by atoms with Gasteiger partial charge in [-0.3, -0.25) is 14.5 Å². The van der Waals surface area contributed by atoms with Crippen molar-refractivity contribution in [3.8, 4) is 0 Å². The van der Waals surface area contributed by atoms with E-state index in [9.17, 15) is 18.8 Å². The van der Waals surface area contributed by atoms with Gasteiger partial charge in [-0.05, 0) is 37.3 Å². The first-order valence-electron chi connectivity index (χ1n) is 7.86. The summed E-state index contributed by atoms with van der Waals surface area (Å²) in [6, 6.07) is 9.09. The number of hydrogen-bond donors (Lipinski definition) is 2. The van der Waals surface area contributed by atoms with Crippen LogP contribution in [0.1, 0.15) is 12.5 Å². The molecule has 0 aliphatic carbocycles. The lowest BCUT2D eigenvalue weighted by atomic mass is 9.92. The van der Waals surface area contributed by atoms with Crippen molar-refractivity contribution < 1.29 is 18.8 Å². The minimum absolute atomic E-state index is 0.213. The van der Waals surface area contributed by atoms with Crippen LogP contribution in [-0.4, -0.2) is 29.3 Å². The topological polar surface area (TPSA) is 78.5 Å². The molecule has 4 amide bonds. The number of benzene rings is 2. The van der Waals surface area contributed by atoms with Gasteiger partial charge in [-0.1, -0.05) is 35.3 Å². The summed E-state index contributed by atoms with van der Waals surface area (Å²) in [5.41, 5.74) is -0.853. The van der Waals surface area contributed by atoms with Gasteiger partial charge < -0.3 is 10.6 Å². The van der Waals surface area contributed by atoms with Crippen molar-refractivity contribution in [2.75, 3.05) is 11.9 Å². The maximum Gasteiger partial charge on any atom is 0.325 e. The molecule has 2 N–H and O–H groups in total. The molecule has 0 bridgehead atoms. The minimum atomic E-state index is -1.43. The zero-order valence-corrected chi connectivity index (χ0v) is 15.6. The molecular weight excluding hydrogens is 396 g/mol. The van der Waals surface area contributed by atoms with Crippen LogP contribution in [0.25, 0.3) is 0 Å². The van der Waals surface area contributed by atoms with Gasteiger partial charge in [0.2, 0.25) is 5.91 Å². The van der Waals surface area contributed by atoms with Gasteiger partial charge in [-0.2, -0.15) is 0 Å². The average Bonchev–Trinajstić information content (AvgIpc) is 2.78. The van der Waals surface area contributed by atoms with E-state index in [0.29, 0.717) is 10.6 Å². The Bertz CT molecular complexity index is 953. The molecule has 2 aromatic carbocycles. The second kappa shape index (κ2) is 7.17. The first kappa shape index (κ1) is 19.1.